The van der Waals surface area contributed by atoms with Crippen LogP contribution in [-0.4, -0.2) is 34.3 Å². The largest absolute Gasteiger partial charge is 0.369 e. The molecule has 1 aromatic rings. The van der Waals surface area contributed by atoms with Gasteiger partial charge in [-0.2, -0.15) is 0 Å². The van der Waals surface area contributed by atoms with Crippen LogP contribution in [0.15, 0.2) is 30.3 Å². The fourth-order valence-corrected chi connectivity index (χ4v) is 3.56. The molecule has 0 saturated heterocycles. The van der Waals surface area contributed by atoms with Crippen LogP contribution < -0.4 is 5.73 Å². The van der Waals surface area contributed by atoms with Gasteiger partial charge in [0.25, 0.3) is 0 Å². The van der Waals surface area contributed by atoms with Crippen LogP contribution >= 0.6 is 11.8 Å². The van der Waals surface area contributed by atoms with Crippen molar-refractivity contribution in [3.05, 3.63) is 35.9 Å². The minimum absolute atomic E-state index is 0.113. The van der Waals surface area contributed by atoms with Crippen molar-refractivity contribution in [1.29, 1.82) is 0 Å². The van der Waals surface area contributed by atoms with Crippen LogP contribution in [0, 0.1) is 0 Å². The van der Waals surface area contributed by atoms with E-state index in [4.69, 9.17) is 5.73 Å². The first-order valence-corrected chi connectivity index (χ1v) is 9.01. The molecule has 1 aliphatic rings. The van der Waals surface area contributed by atoms with Crippen molar-refractivity contribution < 1.29 is 9.59 Å². The smallest absolute Gasteiger partial charge is 0.233 e. The van der Waals surface area contributed by atoms with Gasteiger partial charge in [0.1, 0.15) is 0 Å². The lowest BCUT2D eigenvalue weighted by molar-refractivity contribution is -0.132. The van der Waals surface area contributed by atoms with Gasteiger partial charge >= 0.3 is 0 Å². The Labute approximate surface area is 136 Å². The summed E-state index contributed by atoms with van der Waals surface area (Å²) < 4.78 is 0. The molecule has 0 heterocycles. The van der Waals surface area contributed by atoms with E-state index in [1.807, 2.05) is 23.1 Å². The number of hydrogen-bond acceptors (Lipinski definition) is 3. The Hall–Kier alpha value is -1.49. The SMILES string of the molecule is NC(=O)CSCC(=O)N(Cc1ccccc1)C1CCCCC1. The fraction of sp³-hybridized carbons (Fsp3) is 0.529. The third kappa shape index (κ3) is 5.37. The van der Waals surface area contributed by atoms with Crippen molar-refractivity contribution in [2.45, 2.75) is 44.7 Å². The summed E-state index contributed by atoms with van der Waals surface area (Å²) in [6.45, 7) is 0.654. The van der Waals surface area contributed by atoms with Crippen LogP contribution in [0.4, 0.5) is 0 Å². The molecule has 5 heteroatoms. The standard InChI is InChI=1S/C17H24N2O2S/c18-16(20)12-22-13-17(21)19(15-9-5-2-6-10-15)11-14-7-3-1-4-8-14/h1,3-4,7-8,15H,2,5-6,9-13H2,(H2,18,20). The van der Waals surface area contributed by atoms with Crippen molar-refractivity contribution in [2.24, 2.45) is 5.73 Å². The molecule has 1 saturated carbocycles. The van der Waals surface area contributed by atoms with Gasteiger partial charge in [-0.15, -0.1) is 11.8 Å². The molecule has 2 amide bonds. The predicted octanol–water partition coefficient (Wildman–Crippen LogP) is 2.57. The van der Waals surface area contributed by atoms with E-state index in [0.29, 0.717) is 18.3 Å². The third-order valence-corrected chi connectivity index (χ3v) is 4.94. The quantitative estimate of drug-likeness (QED) is 0.840. The summed E-state index contributed by atoms with van der Waals surface area (Å²) in [6, 6.07) is 10.4. The van der Waals surface area contributed by atoms with Crippen molar-refractivity contribution >= 4 is 23.6 Å². The lowest BCUT2D eigenvalue weighted by Crippen LogP contribution is -2.42. The van der Waals surface area contributed by atoms with Gasteiger partial charge in [-0.25, -0.2) is 0 Å². The Balaban J connectivity index is 2.00. The maximum absolute atomic E-state index is 12.6. The van der Waals surface area contributed by atoms with Crippen molar-refractivity contribution in [3.8, 4) is 0 Å². The first-order chi connectivity index (χ1) is 10.7. The first-order valence-electron chi connectivity index (χ1n) is 7.86. The molecule has 2 rings (SSSR count). The molecule has 1 fully saturated rings. The maximum Gasteiger partial charge on any atom is 0.233 e. The van der Waals surface area contributed by atoms with E-state index in [1.165, 1.54) is 31.0 Å². The number of amides is 2. The highest BCUT2D eigenvalue weighted by atomic mass is 32.2. The number of benzene rings is 1. The second-order valence-electron chi connectivity index (χ2n) is 5.76. The van der Waals surface area contributed by atoms with Gasteiger partial charge in [-0.1, -0.05) is 49.6 Å². The van der Waals surface area contributed by atoms with Gasteiger partial charge in [-0.3, -0.25) is 9.59 Å². The Morgan fingerprint density at radius 3 is 2.41 bits per heavy atom. The van der Waals surface area contributed by atoms with E-state index in [9.17, 15) is 9.59 Å². The minimum Gasteiger partial charge on any atom is -0.369 e. The Bertz CT molecular complexity index is 487. The molecule has 1 aromatic carbocycles. The number of thioether (sulfide) groups is 1. The zero-order valence-corrected chi connectivity index (χ0v) is 13.7. The molecule has 2 N–H and O–H groups in total. The van der Waals surface area contributed by atoms with Gasteiger partial charge in [0.05, 0.1) is 11.5 Å². The first kappa shape index (κ1) is 16.9. The molecular weight excluding hydrogens is 296 g/mol. The summed E-state index contributed by atoms with van der Waals surface area (Å²) >= 11 is 1.31. The molecule has 0 bridgehead atoms. The molecule has 0 radical (unpaired) electrons. The highest BCUT2D eigenvalue weighted by Crippen LogP contribution is 2.25. The highest BCUT2D eigenvalue weighted by Gasteiger charge is 2.25. The zero-order valence-electron chi connectivity index (χ0n) is 12.9. The Morgan fingerprint density at radius 1 is 1.09 bits per heavy atom. The fourth-order valence-electron chi connectivity index (χ4n) is 2.92. The number of hydrogen-bond donors (Lipinski definition) is 1. The van der Waals surface area contributed by atoms with E-state index in [1.54, 1.807) is 0 Å². The Kier molecular flexibility index (Phi) is 6.77. The summed E-state index contributed by atoms with van der Waals surface area (Å²) in [5, 5.41) is 0. The van der Waals surface area contributed by atoms with Crippen molar-refractivity contribution in [3.63, 3.8) is 0 Å². The lowest BCUT2D eigenvalue weighted by atomic mass is 9.94. The van der Waals surface area contributed by atoms with Crippen LogP contribution in [0.2, 0.25) is 0 Å². The molecular formula is C17H24N2O2S. The van der Waals surface area contributed by atoms with E-state index < -0.39 is 0 Å². The second-order valence-corrected chi connectivity index (χ2v) is 6.74. The van der Waals surface area contributed by atoms with Gasteiger partial charge in [0.15, 0.2) is 0 Å². The topological polar surface area (TPSA) is 63.4 Å². The average molecular weight is 320 g/mol. The molecule has 0 spiro atoms. The van der Waals surface area contributed by atoms with Crippen LogP contribution in [0.5, 0.6) is 0 Å². The summed E-state index contributed by atoms with van der Waals surface area (Å²) in [5.41, 5.74) is 6.29. The molecule has 0 atom stereocenters. The highest BCUT2D eigenvalue weighted by molar-refractivity contribution is 8.00. The normalized spacial score (nSPS) is 15.5. The number of rotatable bonds is 7. The van der Waals surface area contributed by atoms with Crippen LogP contribution in [0.3, 0.4) is 0 Å². The molecule has 22 heavy (non-hydrogen) atoms. The van der Waals surface area contributed by atoms with Crippen molar-refractivity contribution in [2.75, 3.05) is 11.5 Å². The van der Waals surface area contributed by atoms with E-state index in [-0.39, 0.29) is 17.6 Å². The van der Waals surface area contributed by atoms with E-state index in [0.717, 1.165) is 18.4 Å². The van der Waals surface area contributed by atoms with Gasteiger partial charge in [0, 0.05) is 12.6 Å². The number of carbonyl (C=O) groups is 2. The number of carbonyl (C=O) groups excluding carboxylic acids is 2. The summed E-state index contributed by atoms with van der Waals surface area (Å²) in [6.07, 6.45) is 5.81. The molecule has 0 unspecified atom stereocenters. The minimum atomic E-state index is -0.370. The second kappa shape index (κ2) is 8.83. The van der Waals surface area contributed by atoms with Crippen LogP contribution in [0.1, 0.15) is 37.7 Å². The molecule has 1 aliphatic carbocycles. The molecule has 120 valence electrons. The number of nitrogens with two attached hydrogens (primary N) is 1. The monoisotopic (exact) mass is 320 g/mol. The van der Waals surface area contributed by atoms with Crippen LogP contribution in [-0.2, 0) is 16.1 Å². The number of nitrogens with zero attached hydrogens (tertiary/aromatic N) is 1. The third-order valence-electron chi connectivity index (χ3n) is 4.00. The van der Waals surface area contributed by atoms with E-state index >= 15 is 0 Å². The zero-order chi connectivity index (χ0) is 15.8. The predicted molar refractivity (Wildman–Crippen MR) is 90.4 cm³/mol. The van der Waals surface area contributed by atoms with Gasteiger partial charge in [0.2, 0.25) is 11.8 Å². The molecule has 0 aliphatic heterocycles. The summed E-state index contributed by atoms with van der Waals surface area (Å²) in [7, 11) is 0. The molecule has 4 nitrogen and oxygen atoms in total. The van der Waals surface area contributed by atoms with E-state index in [2.05, 4.69) is 12.1 Å². The molecule has 0 aromatic heterocycles. The lowest BCUT2D eigenvalue weighted by Gasteiger charge is -2.34. The van der Waals surface area contributed by atoms with Crippen LogP contribution in [0.25, 0.3) is 0 Å². The number of primary amides is 1. The summed E-state index contributed by atoms with van der Waals surface area (Å²) in [4.78, 5) is 25.4. The maximum atomic E-state index is 12.6. The van der Waals surface area contributed by atoms with Gasteiger partial charge in [-0.05, 0) is 18.4 Å². The Morgan fingerprint density at radius 2 is 1.77 bits per heavy atom. The summed E-state index contributed by atoms with van der Waals surface area (Å²) in [5.74, 6) is 0.272. The van der Waals surface area contributed by atoms with Crippen molar-refractivity contribution in [1.82, 2.24) is 4.90 Å². The average Bonchev–Trinajstić information content (AvgIpc) is 2.54. The van der Waals surface area contributed by atoms with Gasteiger partial charge < -0.3 is 10.6 Å².